The van der Waals surface area contributed by atoms with Gasteiger partial charge >= 0.3 is 5.97 Å². The molecule has 0 saturated carbocycles. The molecule has 0 aliphatic carbocycles. The summed E-state index contributed by atoms with van der Waals surface area (Å²) < 4.78 is 5.47. The highest BCUT2D eigenvalue weighted by Crippen LogP contribution is 2.31. The Morgan fingerprint density at radius 1 is 0.906 bits per heavy atom. The monoisotopic (exact) mass is 442 g/mol. The summed E-state index contributed by atoms with van der Waals surface area (Å²) in [5, 5.41) is 4.79. The van der Waals surface area contributed by atoms with Crippen LogP contribution in [0.4, 0.5) is 11.4 Å². The molecule has 0 fully saturated rings. The minimum atomic E-state index is -1.11. The van der Waals surface area contributed by atoms with Gasteiger partial charge in [0.1, 0.15) is 6.61 Å². The molecule has 6 heteroatoms. The maximum absolute atomic E-state index is 13.2. The van der Waals surface area contributed by atoms with Gasteiger partial charge in [-0.1, -0.05) is 72.8 Å². The molecule has 0 spiro atoms. The number of rotatable bonds is 7. The van der Waals surface area contributed by atoms with Gasteiger partial charge in [-0.3, -0.25) is 9.59 Å². The van der Waals surface area contributed by atoms with Gasteiger partial charge < -0.3 is 15.8 Å². The van der Waals surface area contributed by atoms with E-state index in [-0.39, 0.29) is 6.61 Å². The fourth-order valence-corrected chi connectivity index (χ4v) is 4.05. The molecule has 5 nitrogen and oxygen atoms in total. The zero-order valence-corrected chi connectivity index (χ0v) is 18.0. The van der Waals surface area contributed by atoms with Crippen molar-refractivity contribution in [1.82, 2.24) is 0 Å². The molecule has 1 heterocycles. The van der Waals surface area contributed by atoms with E-state index in [1.54, 1.807) is 41.7 Å². The van der Waals surface area contributed by atoms with Crippen molar-refractivity contribution in [2.75, 3.05) is 11.1 Å². The number of hydrogen-bond acceptors (Lipinski definition) is 5. The van der Waals surface area contributed by atoms with E-state index in [1.807, 2.05) is 66.0 Å². The molecule has 0 radical (unpaired) electrons. The van der Waals surface area contributed by atoms with Crippen LogP contribution in [-0.4, -0.2) is 11.9 Å². The minimum Gasteiger partial charge on any atom is -0.460 e. The van der Waals surface area contributed by atoms with Gasteiger partial charge in [0.05, 0.1) is 11.4 Å². The number of nitrogens with two attached hydrogens (primary N) is 1. The van der Waals surface area contributed by atoms with E-state index in [1.165, 1.54) is 0 Å². The summed E-state index contributed by atoms with van der Waals surface area (Å²) >= 11 is 1.61. The molecule has 0 saturated heterocycles. The van der Waals surface area contributed by atoms with Gasteiger partial charge in [0.25, 0.3) is 0 Å². The molecular weight excluding hydrogens is 420 g/mol. The zero-order valence-electron chi connectivity index (χ0n) is 17.2. The predicted molar refractivity (Wildman–Crippen MR) is 128 cm³/mol. The van der Waals surface area contributed by atoms with Crippen molar-refractivity contribution in [3.05, 3.63) is 108 Å². The van der Waals surface area contributed by atoms with Gasteiger partial charge in [0, 0.05) is 4.88 Å². The van der Waals surface area contributed by atoms with E-state index in [0.717, 1.165) is 16.0 Å². The fourth-order valence-electron chi connectivity index (χ4n) is 3.33. The van der Waals surface area contributed by atoms with Gasteiger partial charge in [0.2, 0.25) is 5.91 Å². The third-order valence-corrected chi connectivity index (χ3v) is 5.89. The third kappa shape index (κ3) is 5.04. The number of hydrogen-bond donors (Lipinski definition) is 2. The van der Waals surface area contributed by atoms with Gasteiger partial charge in [-0.25, -0.2) is 0 Å². The van der Waals surface area contributed by atoms with Crippen molar-refractivity contribution in [2.24, 2.45) is 0 Å². The molecule has 0 aliphatic heterocycles. The van der Waals surface area contributed by atoms with Crippen LogP contribution in [0.2, 0.25) is 0 Å². The Labute approximate surface area is 190 Å². The molecule has 1 unspecified atom stereocenters. The highest BCUT2D eigenvalue weighted by Gasteiger charge is 2.30. The first kappa shape index (κ1) is 21.3. The molecule has 3 aromatic carbocycles. The number of anilines is 2. The predicted octanol–water partition coefficient (Wildman–Crippen LogP) is 5.46. The highest BCUT2D eigenvalue weighted by molar-refractivity contribution is 7.13. The second-order valence-corrected chi connectivity index (χ2v) is 8.15. The lowest BCUT2D eigenvalue weighted by atomic mass is 9.98. The first-order chi connectivity index (χ1) is 15.6. The summed E-state index contributed by atoms with van der Waals surface area (Å²) in [6.07, 6.45) is 0. The van der Waals surface area contributed by atoms with Crippen molar-refractivity contribution in [1.29, 1.82) is 0 Å². The molecule has 4 rings (SSSR count). The van der Waals surface area contributed by atoms with E-state index >= 15 is 0 Å². The first-order valence-corrected chi connectivity index (χ1v) is 11.0. The Hall–Kier alpha value is -3.90. The van der Waals surface area contributed by atoms with Gasteiger partial charge in [-0.15, -0.1) is 11.3 Å². The smallest absolute Gasteiger partial charge is 0.323 e. The lowest BCUT2D eigenvalue weighted by molar-refractivity contribution is -0.149. The average molecular weight is 443 g/mol. The normalized spacial score (nSPS) is 11.5. The van der Waals surface area contributed by atoms with Crippen LogP contribution in [0, 0.1) is 0 Å². The Kier molecular flexibility index (Phi) is 6.63. The Morgan fingerprint density at radius 2 is 1.62 bits per heavy atom. The molecule has 4 aromatic rings. The van der Waals surface area contributed by atoms with Crippen molar-refractivity contribution >= 4 is 34.6 Å². The van der Waals surface area contributed by atoms with Crippen LogP contribution in [0.25, 0.3) is 10.4 Å². The summed E-state index contributed by atoms with van der Waals surface area (Å²) in [5.41, 5.74) is 9.45. The molecule has 1 amide bonds. The number of carbonyl (C=O) groups is 2. The van der Waals surface area contributed by atoms with Gasteiger partial charge in [0.15, 0.2) is 5.92 Å². The Bertz CT molecular complexity index is 1190. The van der Waals surface area contributed by atoms with Gasteiger partial charge in [-0.05, 0) is 40.3 Å². The van der Waals surface area contributed by atoms with Crippen LogP contribution in [-0.2, 0) is 20.9 Å². The molecule has 3 N–H and O–H groups in total. The largest absolute Gasteiger partial charge is 0.460 e. The minimum absolute atomic E-state index is 0.0912. The number of esters is 1. The number of carbonyl (C=O) groups excluding carboxylic acids is 2. The molecule has 0 aliphatic rings. The van der Waals surface area contributed by atoms with Crippen molar-refractivity contribution in [2.45, 2.75) is 12.5 Å². The van der Waals surface area contributed by atoms with Crippen LogP contribution >= 0.6 is 11.3 Å². The third-order valence-electron chi connectivity index (χ3n) is 4.97. The average Bonchev–Trinajstić information content (AvgIpc) is 3.36. The van der Waals surface area contributed by atoms with Crippen LogP contribution in [0.3, 0.4) is 0 Å². The number of nitrogen functional groups attached to an aromatic ring is 1. The Morgan fingerprint density at radius 3 is 2.28 bits per heavy atom. The van der Waals surface area contributed by atoms with Crippen LogP contribution in [0.5, 0.6) is 0 Å². The van der Waals surface area contributed by atoms with E-state index in [2.05, 4.69) is 5.32 Å². The van der Waals surface area contributed by atoms with E-state index in [4.69, 9.17) is 10.5 Å². The summed E-state index contributed by atoms with van der Waals surface area (Å²) in [6.45, 7) is 0.0912. The van der Waals surface area contributed by atoms with Crippen LogP contribution < -0.4 is 11.1 Å². The van der Waals surface area contributed by atoms with Crippen LogP contribution in [0.1, 0.15) is 17.0 Å². The number of amides is 1. The molecular formula is C26H22N2O3S. The molecule has 160 valence electrons. The summed E-state index contributed by atoms with van der Waals surface area (Å²) in [5.74, 6) is -2.23. The SMILES string of the molecule is Nc1cc(-c2cccs2)ccc1NC(=O)C(C(=O)OCc1ccccc1)c1ccccc1. The topological polar surface area (TPSA) is 81.4 Å². The molecule has 0 bridgehead atoms. The summed E-state index contributed by atoms with van der Waals surface area (Å²) in [7, 11) is 0. The molecule has 32 heavy (non-hydrogen) atoms. The Balaban J connectivity index is 1.53. The van der Waals surface area contributed by atoms with Crippen molar-refractivity contribution in [3.63, 3.8) is 0 Å². The van der Waals surface area contributed by atoms with Crippen LogP contribution in [0.15, 0.2) is 96.4 Å². The highest BCUT2D eigenvalue weighted by atomic mass is 32.1. The number of nitrogens with one attached hydrogen (secondary N) is 1. The quantitative estimate of drug-likeness (QED) is 0.226. The van der Waals surface area contributed by atoms with Crippen molar-refractivity contribution in [3.8, 4) is 10.4 Å². The van der Waals surface area contributed by atoms with E-state index < -0.39 is 17.8 Å². The summed E-state index contributed by atoms with van der Waals surface area (Å²) in [4.78, 5) is 27.2. The maximum atomic E-state index is 13.2. The van der Waals surface area contributed by atoms with E-state index in [0.29, 0.717) is 16.9 Å². The van der Waals surface area contributed by atoms with E-state index in [9.17, 15) is 9.59 Å². The second kappa shape index (κ2) is 9.94. The summed E-state index contributed by atoms with van der Waals surface area (Å²) in [6, 6.07) is 27.6. The molecule has 1 aromatic heterocycles. The lowest BCUT2D eigenvalue weighted by Crippen LogP contribution is -2.29. The number of ether oxygens (including phenoxy) is 1. The lowest BCUT2D eigenvalue weighted by Gasteiger charge is -2.17. The maximum Gasteiger partial charge on any atom is 0.323 e. The number of benzene rings is 3. The number of thiophene rings is 1. The van der Waals surface area contributed by atoms with Gasteiger partial charge in [-0.2, -0.15) is 0 Å². The fraction of sp³-hybridized carbons (Fsp3) is 0.0769. The second-order valence-electron chi connectivity index (χ2n) is 7.21. The first-order valence-electron chi connectivity index (χ1n) is 10.1. The molecule has 1 atom stereocenters. The standard InChI is InChI=1S/C26H22N2O3S/c27-21-16-20(23-12-7-15-32-23)13-14-22(21)28-25(29)24(19-10-5-2-6-11-19)26(30)31-17-18-8-3-1-4-9-18/h1-16,24H,17,27H2,(H,28,29). The van der Waals surface area contributed by atoms with Crippen molar-refractivity contribution < 1.29 is 14.3 Å². The zero-order chi connectivity index (χ0) is 22.3.